The van der Waals surface area contributed by atoms with E-state index >= 15 is 0 Å². The number of nitrogens with zero attached hydrogens (tertiary/aromatic N) is 3. The minimum absolute atomic E-state index is 0.0597. The van der Waals surface area contributed by atoms with Gasteiger partial charge in [-0.1, -0.05) is 0 Å². The fourth-order valence-electron chi connectivity index (χ4n) is 2.32. The van der Waals surface area contributed by atoms with Gasteiger partial charge in [-0.25, -0.2) is 4.79 Å². The van der Waals surface area contributed by atoms with Crippen molar-refractivity contribution in [2.45, 2.75) is 26.8 Å². The van der Waals surface area contributed by atoms with Crippen LogP contribution >= 0.6 is 0 Å². The van der Waals surface area contributed by atoms with Gasteiger partial charge in [0.1, 0.15) is 0 Å². The van der Waals surface area contributed by atoms with E-state index in [1.54, 1.807) is 0 Å². The molecule has 6 nitrogen and oxygen atoms in total. The Balaban J connectivity index is 1.55. The van der Waals surface area contributed by atoms with Crippen molar-refractivity contribution < 1.29 is 4.79 Å². The molecule has 1 aliphatic rings. The Morgan fingerprint density at radius 2 is 2.21 bits per heavy atom. The van der Waals surface area contributed by atoms with E-state index < -0.39 is 0 Å². The van der Waals surface area contributed by atoms with Gasteiger partial charge in [-0.2, -0.15) is 5.10 Å². The van der Waals surface area contributed by atoms with Crippen molar-refractivity contribution >= 4 is 6.03 Å². The van der Waals surface area contributed by atoms with E-state index in [0.717, 1.165) is 51.4 Å². The Hall–Kier alpha value is -1.56. The van der Waals surface area contributed by atoms with Crippen LogP contribution in [0.4, 0.5) is 4.79 Å². The Labute approximate surface area is 114 Å². The zero-order valence-electron chi connectivity index (χ0n) is 11.8. The SMILES string of the molecule is Cc1cc(C)n(CCCNCCN2CCNC2=O)n1. The molecule has 1 aliphatic heterocycles. The van der Waals surface area contributed by atoms with Gasteiger partial charge in [-0.05, 0) is 32.9 Å². The van der Waals surface area contributed by atoms with Crippen LogP contribution in [-0.2, 0) is 6.54 Å². The first-order valence-corrected chi connectivity index (χ1v) is 6.91. The molecule has 6 heteroatoms. The summed E-state index contributed by atoms with van der Waals surface area (Å²) in [7, 11) is 0. The molecule has 0 radical (unpaired) electrons. The number of aryl methyl sites for hydroxylation is 3. The first kappa shape index (κ1) is 13.9. The monoisotopic (exact) mass is 265 g/mol. The fourth-order valence-corrected chi connectivity index (χ4v) is 2.32. The highest BCUT2D eigenvalue weighted by molar-refractivity contribution is 5.76. The lowest BCUT2D eigenvalue weighted by atomic mass is 10.4. The number of carbonyl (C=O) groups is 1. The third-order valence-electron chi connectivity index (χ3n) is 3.33. The maximum atomic E-state index is 11.3. The molecular weight excluding hydrogens is 242 g/mol. The second-order valence-corrected chi connectivity index (χ2v) is 4.97. The Morgan fingerprint density at radius 3 is 2.84 bits per heavy atom. The second kappa shape index (κ2) is 6.56. The van der Waals surface area contributed by atoms with Gasteiger partial charge in [0.25, 0.3) is 0 Å². The molecule has 1 aromatic heterocycles. The van der Waals surface area contributed by atoms with Crippen LogP contribution in [0.1, 0.15) is 17.8 Å². The zero-order valence-corrected chi connectivity index (χ0v) is 11.8. The van der Waals surface area contributed by atoms with Crippen molar-refractivity contribution in [2.75, 3.05) is 32.7 Å². The van der Waals surface area contributed by atoms with Crippen LogP contribution in [0.15, 0.2) is 6.07 Å². The minimum Gasteiger partial charge on any atom is -0.336 e. The molecule has 1 saturated heterocycles. The summed E-state index contributed by atoms with van der Waals surface area (Å²) in [6.45, 7) is 9.23. The van der Waals surface area contributed by atoms with Gasteiger partial charge in [0, 0.05) is 38.4 Å². The molecule has 0 unspecified atom stereocenters. The number of aromatic nitrogens is 2. The van der Waals surface area contributed by atoms with Gasteiger partial charge in [0.2, 0.25) is 0 Å². The van der Waals surface area contributed by atoms with Gasteiger partial charge in [-0.15, -0.1) is 0 Å². The molecule has 106 valence electrons. The van der Waals surface area contributed by atoms with Gasteiger partial charge < -0.3 is 15.5 Å². The molecule has 0 saturated carbocycles. The van der Waals surface area contributed by atoms with Crippen molar-refractivity contribution in [1.82, 2.24) is 25.3 Å². The lowest BCUT2D eigenvalue weighted by Gasteiger charge is -2.14. The molecular formula is C13H23N5O. The third kappa shape index (κ3) is 3.96. The maximum Gasteiger partial charge on any atom is 0.317 e. The van der Waals surface area contributed by atoms with Gasteiger partial charge >= 0.3 is 6.03 Å². The summed E-state index contributed by atoms with van der Waals surface area (Å²) in [6, 6.07) is 2.16. The number of amides is 2. The molecule has 2 rings (SSSR count). The summed E-state index contributed by atoms with van der Waals surface area (Å²) in [4.78, 5) is 13.1. The van der Waals surface area contributed by atoms with Crippen LogP contribution in [-0.4, -0.2) is 53.4 Å². The Morgan fingerprint density at radius 1 is 1.37 bits per heavy atom. The van der Waals surface area contributed by atoms with E-state index in [0.29, 0.717) is 0 Å². The summed E-state index contributed by atoms with van der Waals surface area (Å²) < 4.78 is 2.05. The van der Waals surface area contributed by atoms with Crippen LogP contribution in [0, 0.1) is 13.8 Å². The predicted molar refractivity (Wildman–Crippen MR) is 74.2 cm³/mol. The first-order chi connectivity index (χ1) is 9.16. The van der Waals surface area contributed by atoms with E-state index in [-0.39, 0.29) is 6.03 Å². The lowest BCUT2D eigenvalue weighted by Crippen LogP contribution is -2.35. The highest BCUT2D eigenvalue weighted by atomic mass is 16.2. The van der Waals surface area contributed by atoms with Crippen LogP contribution in [0.3, 0.4) is 0 Å². The third-order valence-corrected chi connectivity index (χ3v) is 3.33. The number of carbonyl (C=O) groups excluding carboxylic acids is 1. The maximum absolute atomic E-state index is 11.3. The topological polar surface area (TPSA) is 62.2 Å². The summed E-state index contributed by atoms with van der Waals surface area (Å²) in [5, 5.41) is 10.6. The number of nitrogens with one attached hydrogen (secondary N) is 2. The Kier molecular flexibility index (Phi) is 4.79. The molecule has 0 atom stereocenters. The number of hydrogen-bond donors (Lipinski definition) is 2. The highest BCUT2D eigenvalue weighted by Crippen LogP contribution is 2.02. The van der Waals surface area contributed by atoms with E-state index in [1.165, 1.54) is 5.69 Å². The highest BCUT2D eigenvalue weighted by Gasteiger charge is 2.17. The van der Waals surface area contributed by atoms with Crippen LogP contribution < -0.4 is 10.6 Å². The normalized spacial score (nSPS) is 15.1. The average molecular weight is 265 g/mol. The number of urea groups is 1. The molecule has 19 heavy (non-hydrogen) atoms. The second-order valence-electron chi connectivity index (χ2n) is 4.97. The first-order valence-electron chi connectivity index (χ1n) is 6.91. The average Bonchev–Trinajstić information content (AvgIpc) is 2.90. The van der Waals surface area contributed by atoms with Crippen molar-refractivity contribution in [3.8, 4) is 0 Å². The van der Waals surface area contributed by atoms with Crippen molar-refractivity contribution in [1.29, 1.82) is 0 Å². The van der Waals surface area contributed by atoms with Gasteiger partial charge in [0.15, 0.2) is 0 Å². The van der Waals surface area contributed by atoms with E-state index in [1.807, 2.05) is 16.5 Å². The molecule has 1 aromatic rings. The number of rotatable bonds is 7. The molecule has 0 spiro atoms. The van der Waals surface area contributed by atoms with Gasteiger partial charge in [-0.3, -0.25) is 4.68 Å². The molecule has 0 aromatic carbocycles. The smallest absolute Gasteiger partial charge is 0.317 e. The molecule has 2 N–H and O–H groups in total. The molecule has 2 heterocycles. The van der Waals surface area contributed by atoms with Crippen LogP contribution in [0.5, 0.6) is 0 Å². The Bertz CT molecular complexity index is 429. The zero-order chi connectivity index (χ0) is 13.7. The van der Waals surface area contributed by atoms with Crippen LogP contribution in [0.2, 0.25) is 0 Å². The summed E-state index contributed by atoms with van der Waals surface area (Å²) in [5.74, 6) is 0. The molecule has 0 aliphatic carbocycles. The van der Waals surface area contributed by atoms with E-state index in [4.69, 9.17) is 0 Å². The quantitative estimate of drug-likeness (QED) is 0.706. The lowest BCUT2D eigenvalue weighted by molar-refractivity contribution is 0.217. The molecule has 2 amide bonds. The minimum atomic E-state index is 0.0597. The summed E-state index contributed by atoms with van der Waals surface area (Å²) in [6.07, 6.45) is 1.05. The summed E-state index contributed by atoms with van der Waals surface area (Å²) >= 11 is 0. The molecule has 0 bridgehead atoms. The van der Waals surface area contributed by atoms with Crippen molar-refractivity contribution in [3.63, 3.8) is 0 Å². The predicted octanol–water partition coefficient (Wildman–Crippen LogP) is 0.505. The summed E-state index contributed by atoms with van der Waals surface area (Å²) in [5.41, 5.74) is 2.29. The van der Waals surface area contributed by atoms with E-state index in [9.17, 15) is 4.79 Å². The fraction of sp³-hybridized carbons (Fsp3) is 0.692. The molecule has 1 fully saturated rings. The number of hydrogen-bond acceptors (Lipinski definition) is 3. The van der Waals surface area contributed by atoms with E-state index in [2.05, 4.69) is 28.7 Å². The standard InChI is InChI=1S/C13H23N5O/c1-11-10-12(2)18(16-11)7-3-4-14-5-8-17-9-6-15-13(17)19/h10,14H,3-9H2,1-2H3,(H,15,19). The van der Waals surface area contributed by atoms with Crippen molar-refractivity contribution in [2.24, 2.45) is 0 Å². The largest absolute Gasteiger partial charge is 0.336 e. The van der Waals surface area contributed by atoms with Gasteiger partial charge in [0.05, 0.1) is 5.69 Å². The van der Waals surface area contributed by atoms with Crippen molar-refractivity contribution in [3.05, 3.63) is 17.5 Å². The van der Waals surface area contributed by atoms with Crippen LogP contribution in [0.25, 0.3) is 0 Å².